The smallest absolute Gasteiger partial charge is 0.630 e. The molecule has 0 amide bonds. The van der Waals surface area contributed by atoms with Crippen molar-refractivity contribution in [3.05, 3.63) is 77.4 Å². The Morgan fingerprint density at radius 1 is 0.941 bits per heavy atom. The van der Waals surface area contributed by atoms with E-state index in [-0.39, 0.29) is 5.95 Å². The van der Waals surface area contributed by atoms with Crippen molar-refractivity contribution < 1.29 is 17.8 Å². The predicted octanol–water partition coefficient (Wildman–Crippen LogP) is 5.25. The van der Waals surface area contributed by atoms with Crippen LogP contribution in [0.1, 0.15) is 29.5 Å². The SMILES string of the molecule is F[B-]1(F)Oc2c(cc3c4c2CCCN4CCC3)C=[N+]1c1nc2ccccc2n1-c1ccccc1. The van der Waals surface area contributed by atoms with E-state index < -0.39 is 7.04 Å². The van der Waals surface area contributed by atoms with Gasteiger partial charge in [0.2, 0.25) is 0 Å². The summed E-state index contributed by atoms with van der Waals surface area (Å²) in [4.78, 5) is 6.98. The first-order valence-electron chi connectivity index (χ1n) is 11.9. The van der Waals surface area contributed by atoms with Crippen molar-refractivity contribution in [1.29, 1.82) is 0 Å². The van der Waals surface area contributed by atoms with E-state index in [1.54, 1.807) is 10.8 Å². The summed E-state index contributed by atoms with van der Waals surface area (Å²) < 4.78 is 39.9. The Balaban J connectivity index is 1.48. The molecule has 0 saturated heterocycles. The number of imidazole rings is 1. The summed E-state index contributed by atoms with van der Waals surface area (Å²) in [6.07, 6.45) is 5.32. The first kappa shape index (κ1) is 19.8. The summed E-state index contributed by atoms with van der Waals surface area (Å²) >= 11 is 0. The van der Waals surface area contributed by atoms with E-state index in [0.717, 1.165) is 65.7 Å². The van der Waals surface area contributed by atoms with E-state index in [4.69, 9.17) is 4.65 Å². The average Bonchev–Trinajstić information content (AvgIpc) is 3.24. The van der Waals surface area contributed by atoms with Gasteiger partial charge in [0.05, 0.1) is 5.75 Å². The van der Waals surface area contributed by atoms with E-state index in [9.17, 15) is 0 Å². The maximum absolute atomic E-state index is 15.8. The predicted molar refractivity (Wildman–Crippen MR) is 130 cm³/mol. The molecule has 0 aliphatic carbocycles. The van der Waals surface area contributed by atoms with Crippen LogP contribution >= 0.6 is 0 Å². The molecule has 0 N–H and O–H groups in total. The van der Waals surface area contributed by atoms with E-state index in [1.165, 1.54) is 5.56 Å². The fraction of sp³-hybridized carbons (Fsp3) is 0.231. The molecular weight excluding hydrogens is 433 g/mol. The lowest BCUT2D eigenvalue weighted by atomic mass is 9.87. The molecule has 0 atom stereocenters. The Kier molecular flexibility index (Phi) is 4.16. The molecule has 0 spiro atoms. The van der Waals surface area contributed by atoms with Gasteiger partial charge in [0.15, 0.2) is 5.52 Å². The highest BCUT2D eigenvalue weighted by Crippen LogP contribution is 2.45. The summed E-state index contributed by atoms with van der Waals surface area (Å²) in [5.74, 6) is 0.491. The van der Waals surface area contributed by atoms with Gasteiger partial charge in [-0.25, -0.2) is 0 Å². The van der Waals surface area contributed by atoms with Crippen molar-refractivity contribution >= 4 is 35.9 Å². The van der Waals surface area contributed by atoms with Crippen LogP contribution in [0.3, 0.4) is 0 Å². The fourth-order valence-electron chi connectivity index (χ4n) is 5.74. The van der Waals surface area contributed by atoms with Crippen LogP contribution < -0.4 is 9.55 Å². The van der Waals surface area contributed by atoms with Crippen LogP contribution in [0.15, 0.2) is 60.7 Å². The summed E-state index contributed by atoms with van der Waals surface area (Å²) in [6.45, 7) is 1.97. The van der Waals surface area contributed by atoms with Gasteiger partial charge in [0.1, 0.15) is 11.2 Å². The molecule has 3 aromatic carbocycles. The lowest BCUT2D eigenvalue weighted by Crippen LogP contribution is -2.48. The number of para-hydroxylation sites is 3. The van der Waals surface area contributed by atoms with Gasteiger partial charge in [-0.3, -0.25) is 0 Å². The zero-order valence-corrected chi connectivity index (χ0v) is 18.6. The highest BCUT2D eigenvalue weighted by atomic mass is 19.3. The molecule has 0 radical (unpaired) electrons. The second-order valence-corrected chi connectivity index (χ2v) is 9.26. The van der Waals surface area contributed by atoms with Crippen molar-refractivity contribution in [2.75, 3.05) is 18.0 Å². The summed E-state index contributed by atoms with van der Waals surface area (Å²) in [5.41, 5.74) is 6.20. The Labute approximate surface area is 196 Å². The molecule has 3 aliphatic heterocycles. The van der Waals surface area contributed by atoms with Gasteiger partial charge < -0.3 is 22.7 Å². The maximum Gasteiger partial charge on any atom is 0.701 e. The minimum Gasteiger partial charge on any atom is -0.630 e. The number of hydrogen-bond acceptors (Lipinski definition) is 3. The van der Waals surface area contributed by atoms with Gasteiger partial charge >= 0.3 is 13.0 Å². The molecule has 170 valence electrons. The molecule has 1 aromatic heterocycles. The quantitative estimate of drug-likeness (QED) is 0.386. The molecule has 3 aliphatic rings. The van der Waals surface area contributed by atoms with Crippen LogP contribution in [-0.4, -0.2) is 40.4 Å². The molecule has 0 unspecified atom stereocenters. The normalized spacial score (nSPS) is 18.2. The third-order valence-electron chi connectivity index (χ3n) is 7.15. The van der Waals surface area contributed by atoms with Crippen LogP contribution in [0.5, 0.6) is 5.75 Å². The minimum atomic E-state index is -4.38. The standard InChI is InChI=1S/C26H23BF2N4O/c28-27(29)32(26-30-22-12-4-5-13-23(22)33(26)20-9-2-1-3-10-20)17-19-16-18-8-6-14-31-15-7-11-21(24(18)31)25(19)34-27/h1-5,9-10,12-13,16-17H,6-8,11,14-15H2. The van der Waals surface area contributed by atoms with Crippen molar-refractivity contribution in [3.8, 4) is 11.4 Å². The monoisotopic (exact) mass is 456 g/mol. The second-order valence-electron chi connectivity index (χ2n) is 9.26. The molecular formula is C26H23BF2N4O. The Hall–Kier alpha value is -3.68. The van der Waals surface area contributed by atoms with Crippen molar-refractivity contribution in [1.82, 2.24) is 9.55 Å². The van der Waals surface area contributed by atoms with Crippen LogP contribution in [0, 0.1) is 0 Å². The Bertz CT molecular complexity index is 1480. The van der Waals surface area contributed by atoms with Gasteiger partial charge in [-0.15, -0.1) is 0 Å². The number of aryl methyl sites for hydroxylation is 1. The minimum absolute atomic E-state index is 0.149. The van der Waals surface area contributed by atoms with E-state index >= 15 is 8.63 Å². The lowest BCUT2D eigenvalue weighted by molar-refractivity contribution is -0.353. The highest BCUT2D eigenvalue weighted by molar-refractivity contribution is 6.53. The highest BCUT2D eigenvalue weighted by Gasteiger charge is 2.47. The zero-order valence-electron chi connectivity index (χ0n) is 18.6. The molecule has 8 heteroatoms. The molecule has 34 heavy (non-hydrogen) atoms. The van der Waals surface area contributed by atoms with E-state index in [2.05, 4.69) is 9.88 Å². The number of anilines is 1. The van der Waals surface area contributed by atoms with E-state index in [1.807, 2.05) is 60.7 Å². The summed E-state index contributed by atoms with van der Waals surface area (Å²) in [7, 11) is -4.38. The molecule has 0 fully saturated rings. The summed E-state index contributed by atoms with van der Waals surface area (Å²) in [5, 5.41) is 0. The second kappa shape index (κ2) is 7.16. The molecule has 5 nitrogen and oxygen atoms in total. The third kappa shape index (κ3) is 2.84. The first-order valence-corrected chi connectivity index (χ1v) is 11.9. The molecule has 4 aromatic rings. The van der Waals surface area contributed by atoms with Crippen LogP contribution in [0.25, 0.3) is 16.7 Å². The molecule has 4 heterocycles. The van der Waals surface area contributed by atoms with Crippen LogP contribution in [0.4, 0.5) is 20.3 Å². The average molecular weight is 456 g/mol. The van der Waals surface area contributed by atoms with Gasteiger partial charge in [0, 0.05) is 36.1 Å². The van der Waals surface area contributed by atoms with Gasteiger partial charge in [0.25, 0.3) is 0 Å². The largest absolute Gasteiger partial charge is 0.701 e. The maximum atomic E-state index is 15.8. The summed E-state index contributed by atoms with van der Waals surface area (Å²) in [6, 6.07) is 19.0. The van der Waals surface area contributed by atoms with Crippen molar-refractivity contribution in [2.24, 2.45) is 0 Å². The number of nitrogens with zero attached hydrogens (tertiary/aromatic N) is 4. The number of fused-ring (bicyclic) bond motifs is 3. The lowest BCUT2D eigenvalue weighted by Gasteiger charge is -2.41. The van der Waals surface area contributed by atoms with E-state index in [0.29, 0.717) is 16.8 Å². The Morgan fingerprint density at radius 2 is 1.71 bits per heavy atom. The van der Waals surface area contributed by atoms with Gasteiger partial charge in [-0.05, 0) is 61.6 Å². The van der Waals surface area contributed by atoms with Crippen LogP contribution in [0.2, 0.25) is 0 Å². The van der Waals surface area contributed by atoms with Crippen LogP contribution in [-0.2, 0) is 12.8 Å². The first-order chi connectivity index (χ1) is 16.6. The number of hydrogen-bond donors (Lipinski definition) is 0. The molecule has 0 bridgehead atoms. The number of benzene rings is 3. The van der Waals surface area contributed by atoms with Gasteiger partial charge in [-0.2, -0.15) is 4.57 Å². The number of aromatic nitrogens is 2. The topological polar surface area (TPSA) is 33.3 Å². The third-order valence-corrected chi connectivity index (χ3v) is 7.15. The molecule has 0 saturated carbocycles. The number of rotatable bonds is 2. The number of halogens is 2. The fourth-order valence-corrected chi connectivity index (χ4v) is 5.74. The molecule has 7 rings (SSSR count). The Morgan fingerprint density at radius 3 is 2.56 bits per heavy atom. The van der Waals surface area contributed by atoms with Crippen molar-refractivity contribution in [3.63, 3.8) is 0 Å². The zero-order chi connectivity index (χ0) is 22.9. The van der Waals surface area contributed by atoms with Gasteiger partial charge in [-0.1, -0.05) is 35.3 Å². The van der Waals surface area contributed by atoms with Crippen molar-refractivity contribution in [2.45, 2.75) is 25.7 Å².